The van der Waals surface area contributed by atoms with Crippen LogP contribution in [0.5, 0.6) is 0 Å². The minimum atomic E-state index is -0.569. The third-order valence-electron chi connectivity index (χ3n) is 2.94. The molecule has 1 aromatic rings. The predicted molar refractivity (Wildman–Crippen MR) is 70.4 cm³/mol. The standard InChI is InChI=1S/C14H21FN2O/c1-9(10-5-7-11(15)8-6-10)17-13(18)12(16)14(2,3)4/h5-9,12H,16H2,1-4H3,(H,17,18)/t9-,12?/m1/s1. The second-order valence-corrected chi connectivity index (χ2v) is 5.63. The van der Waals surface area contributed by atoms with Gasteiger partial charge in [0, 0.05) is 0 Å². The van der Waals surface area contributed by atoms with Gasteiger partial charge < -0.3 is 11.1 Å². The summed E-state index contributed by atoms with van der Waals surface area (Å²) in [6, 6.07) is 5.31. The minimum absolute atomic E-state index is 0.188. The smallest absolute Gasteiger partial charge is 0.237 e. The summed E-state index contributed by atoms with van der Waals surface area (Å²) in [7, 11) is 0. The molecule has 0 fully saturated rings. The van der Waals surface area contributed by atoms with Crippen molar-refractivity contribution < 1.29 is 9.18 Å². The highest BCUT2D eigenvalue weighted by molar-refractivity contribution is 5.82. The van der Waals surface area contributed by atoms with E-state index in [1.165, 1.54) is 12.1 Å². The Morgan fingerprint density at radius 3 is 2.22 bits per heavy atom. The zero-order valence-electron chi connectivity index (χ0n) is 11.3. The Kier molecular flexibility index (Phi) is 4.46. The van der Waals surface area contributed by atoms with Crippen molar-refractivity contribution in [2.24, 2.45) is 11.1 Å². The highest BCUT2D eigenvalue weighted by Gasteiger charge is 2.28. The van der Waals surface area contributed by atoms with Crippen molar-refractivity contribution in [2.45, 2.75) is 39.8 Å². The van der Waals surface area contributed by atoms with E-state index in [1.54, 1.807) is 12.1 Å². The molecule has 3 N–H and O–H groups in total. The Labute approximate surface area is 108 Å². The molecule has 0 saturated heterocycles. The van der Waals surface area contributed by atoms with Crippen LogP contribution in [0.25, 0.3) is 0 Å². The van der Waals surface area contributed by atoms with Crippen LogP contribution in [-0.4, -0.2) is 11.9 Å². The zero-order chi connectivity index (χ0) is 13.9. The Hall–Kier alpha value is -1.42. The minimum Gasteiger partial charge on any atom is -0.348 e. The molecule has 1 aromatic carbocycles. The molecular weight excluding hydrogens is 231 g/mol. The first-order valence-electron chi connectivity index (χ1n) is 6.03. The van der Waals surface area contributed by atoms with Crippen molar-refractivity contribution in [3.8, 4) is 0 Å². The van der Waals surface area contributed by atoms with Crippen molar-refractivity contribution in [3.05, 3.63) is 35.6 Å². The zero-order valence-corrected chi connectivity index (χ0v) is 11.3. The van der Waals surface area contributed by atoms with Gasteiger partial charge in [0.05, 0.1) is 12.1 Å². The molecule has 0 saturated carbocycles. The van der Waals surface area contributed by atoms with Crippen LogP contribution in [-0.2, 0) is 4.79 Å². The molecule has 2 atom stereocenters. The van der Waals surface area contributed by atoms with Gasteiger partial charge >= 0.3 is 0 Å². The fourth-order valence-corrected chi connectivity index (χ4v) is 1.53. The molecule has 0 aliphatic heterocycles. The first-order valence-corrected chi connectivity index (χ1v) is 6.03. The number of hydrogen-bond acceptors (Lipinski definition) is 2. The molecule has 0 aliphatic rings. The van der Waals surface area contributed by atoms with Crippen LogP contribution in [0.2, 0.25) is 0 Å². The number of rotatable bonds is 3. The van der Waals surface area contributed by atoms with E-state index in [0.29, 0.717) is 0 Å². The van der Waals surface area contributed by atoms with E-state index in [1.807, 2.05) is 27.7 Å². The van der Waals surface area contributed by atoms with Crippen molar-refractivity contribution in [2.75, 3.05) is 0 Å². The molecule has 0 spiro atoms. The van der Waals surface area contributed by atoms with Crippen LogP contribution < -0.4 is 11.1 Å². The monoisotopic (exact) mass is 252 g/mol. The van der Waals surface area contributed by atoms with E-state index in [-0.39, 0.29) is 23.2 Å². The van der Waals surface area contributed by atoms with Crippen LogP contribution in [0.4, 0.5) is 4.39 Å². The molecule has 3 nitrogen and oxygen atoms in total. The van der Waals surface area contributed by atoms with Crippen molar-refractivity contribution in [1.82, 2.24) is 5.32 Å². The lowest BCUT2D eigenvalue weighted by atomic mass is 9.86. The fraction of sp³-hybridized carbons (Fsp3) is 0.500. The third kappa shape index (κ3) is 3.81. The van der Waals surface area contributed by atoms with Crippen LogP contribution >= 0.6 is 0 Å². The lowest BCUT2D eigenvalue weighted by molar-refractivity contribution is -0.125. The Morgan fingerprint density at radius 2 is 1.78 bits per heavy atom. The quantitative estimate of drug-likeness (QED) is 0.867. The molecule has 0 bridgehead atoms. The van der Waals surface area contributed by atoms with E-state index in [0.717, 1.165) is 5.56 Å². The molecular formula is C14H21FN2O. The number of halogens is 1. The van der Waals surface area contributed by atoms with Gasteiger partial charge in [-0.3, -0.25) is 4.79 Å². The average molecular weight is 252 g/mol. The maximum atomic E-state index is 12.8. The number of nitrogens with two attached hydrogens (primary N) is 1. The van der Waals surface area contributed by atoms with Crippen LogP contribution in [0, 0.1) is 11.2 Å². The van der Waals surface area contributed by atoms with Gasteiger partial charge in [0.25, 0.3) is 0 Å². The van der Waals surface area contributed by atoms with E-state index in [2.05, 4.69) is 5.32 Å². The fourth-order valence-electron chi connectivity index (χ4n) is 1.53. The summed E-state index contributed by atoms with van der Waals surface area (Å²) in [6.45, 7) is 7.60. The number of amides is 1. The highest BCUT2D eigenvalue weighted by Crippen LogP contribution is 2.19. The molecule has 4 heteroatoms. The molecule has 0 heterocycles. The Bertz CT molecular complexity index is 409. The van der Waals surface area contributed by atoms with E-state index < -0.39 is 6.04 Å². The molecule has 0 aromatic heterocycles. The lowest BCUT2D eigenvalue weighted by Gasteiger charge is -2.27. The summed E-state index contributed by atoms with van der Waals surface area (Å²) < 4.78 is 12.8. The van der Waals surface area contributed by atoms with Gasteiger partial charge in [0.15, 0.2) is 0 Å². The van der Waals surface area contributed by atoms with Crippen molar-refractivity contribution in [1.29, 1.82) is 0 Å². The van der Waals surface area contributed by atoms with Crippen molar-refractivity contribution >= 4 is 5.91 Å². The SMILES string of the molecule is C[C@@H](NC(=O)C(N)C(C)(C)C)c1ccc(F)cc1. The third-order valence-corrected chi connectivity index (χ3v) is 2.94. The van der Waals surface area contributed by atoms with Gasteiger partial charge in [0.1, 0.15) is 5.82 Å². The summed E-state index contributed by atoms with van der Waals surface area (Å²) in [5, 5.41) is 2.84. The molecule has 1 rings (SSSR count). The molecule has 18 heavy (non-hydrogen) atoms. The molecule has 100 valence electrons. The first-order chi connectivity index (χ1) is 8.21. The second kappa shape index (κ2) is 5.48. The van der Waals surface area contributed by atoms with E-state index in [4.69, 9.17) is 5.73 Å². The van der Waals surface area contributed by atoms with Gasteiger partial charge in [-0.15, -0.1) is 0 Å². The summed E-state index contributed by atoms with van der Waals surface area (Å²) in [6.07, 6.45) is 0. The van der Waals surface area contributed by atoms with Gasteiger partial charge in [-0.25, -0.2) is 4.39 Å². The summed E-state index contributed by atoms with van der Waals surface area (Å²) in [5.41, 5.74) is 6.44. The van der Waals surface area contributed by atoms with Crippen molar-refractivity contribution in [3.63, 3.8) is 0 Å². The topological polar surface area (TPSA) is 55.1 Å². The lowest BCUT2D eigenvalue weighted by Crippen LogP contribution is -2.49. The van der Waals surface area contributed by atoms with E-state index in [9.17, 15) is 9.18 Å². The Morgan fingerprint density at radius 1 is 1.28 bits per heavy atom. The van der Waals surface area contributed by atoms with Gasteiger partial charge in [0.2, 0.25) is 5.91 Å². The Balaban J connectivity index is 2.68. The number of carbonyl (C=O) groups excluding carboxylic acids is 1. The maximum absolute atomic E-state index is 12.8. The molecule has 0 aliphatic carbocycles. The van der Waals surface area contributed by atoms with Crippen LogP contribution in [0.1, 0.15) is 39.3 Å². The number of benzene rings is 1. The number of hydrogen-bond donors (Lipinski definition) is 2. The van der Waals surface area contributed by atoms with Gasteiger partial charge in [-0.05, 0) is 30.0 Å². The highest BCUT2D eigenvalue weighted by atomic mass is 19.1. The molecule has 1 unspecified atom stereocenters. The normalized spacial score (nSPS) is 15.0. The van der Waals surface area contributed by atoms with Gasteiger partial charge in [-0.1, -0.05) is 32.9 Å². The first kappa shape index (κ1) is 14.6. The van der Waals surface area contributed by atoms with Crippen LogP contribution in [0.3, 0.4) is 0 Å². The molecule has 1 amide bonds. The summed E-state index contributed by atoms with van der Waals surface area (Å²) >= 11 is 0. The molecule has 0 radical (unpaired) electrons. The largest absolute Gasteiger partial charge is 0.348 e. The summed E-state index contributed by atoms with van der Waals surface area (Å²) in [5.74, 6) is -0.483. The second-order valence-electron chi connectivity index (χ2n) is 5.63. The van der Waals surface area contributed by atoms with Gasteiger partial charge in [-0.2, -0.15) is 0 Å². The number of nitrogens with one attached hydrogen (secondary N) is 1. The van der Waals surface area contributed by atoms with E-state index >= 15 is 0 Å². The maximum Gasteiger partial charge on any atom is 0.237 e. The summed E-state index contributed by atoms with van der Waals surface area (Å²) in [4.78, 5) is 11.9. The predicted octanol–water partition coefficient (Wildman–Crippen LogP) is 2.38. The number of carbonyl (C=O) groups is 1. The van der Waals surface area contributed by atoms with Crippen LogP contribution in [0.15, 0.2) is 24.3 Å². The average Bonchev–Trinajstić information content (AvgIpc) is 2.27.